The molecule has 0 aliphatic carbocycles. The molecule has 0 spiro atoms. The van der Waals surface area contributed by atoms with Crippen molar-refractivity contribution in [3.05, 3.63) is 51.8 Å². The number of nitrogen functional groups attached to an aromatic ring is 1. The van der Waals surface area contributed by atoms with Crippen LogP contribution >= 0.6 is 0 Å². The van der Waals surface area contributed by atoms with Gasteiger partial charge < -0.3 is 10.2 Å². The van der Waals surface area contributed by atoms with Crippen LogP contribution in [0.3, 0.4) is 0 Å². The van der Waals surface area contributed by atoms with Gasteiger partial charge in [-0.25, -0.2) is 10.2 Å². The molecule has 0 radical (unpaired) electrons. The van der Waals surface area contributed by atoms with Crippen molar-refractivity contribution < 1.29 is 14.1 Å². The number of ether oxygens (including phenoxy) is 1. The molecular weight excluding hydrogens is 267 g/mol. The Kier molecular flexibility index (Phi) is 3.76. The van der Waals surface area contributed by atoms with Gasteiger partial charge in [-0.3, -0.25) is 10.1 Å². The summed E-state index contributed by atoms with van der Waals surface area (Å²) >= 11 is 0. The van der Waals surface area contributed by atoms with Gasteiger partial charge in [0.15, 0.2) is 11.6 Å². The summed E-state index contributed by atoms with van der Waals surface area (Å²) in [6, 6.07) is 6.98. The molecule has 1 aromatic carbocycles. The Morgan fingerprint density at radius 1 is 1.40 bits per heavy atom. The molecule has 2 rings (SSSR count). The minimum absolute atomic E-state index is 0.144. The second-order valence-corrected chi connectivity index (χ2v) is 3.91. The molecule has 104 valence electrons. The smallest absolute Gasteiger partial charge is 0.331 e. The Hall–Kier alpha value is -2.74. The standard InChI is InChI=1S/C12H11FN4O3/c1-7-3-2-4-9(11(7)13)20-12-8(17(18)19)5-6-10(15-12)16-14/h2-6H,14H2,1H3,(H,15,16). The normalized spacial score (nSPS) is 10.2. The lowest BCUT2D eigenvalue weighted by atomic mass is 10.2. The summed E-state index contributed by atoms with van der Waals surface area (Å²) < 4.78 is 19.0. The first-order valence-electron chi connectivity index (χ1n) is 5.58. The van der Waals surface area contributed by atoms with E-state index in [1.165, 1.54) is 18.2 Å². The monoisotopic (exact) mass is 278 g/mol. The number of anilines is 1. The van der Waals surface area contributed by atoms with E-state index in [-0.39, 0.29) is 23.1 Å². The van der Waals surface area contributed by atoms with Crippen LogP contribution in [0.4, 0.5) is 15.9 Å². The fraction of sp³-hybridized carbons (Fsp3) is 0.0833. The van der Waals surface area contributed by atoms with Gasteiger partial charge in [-0.05, 0) is 24.6 Å². The maximum Gasteiger partial charge on any atom is 0.331 e. The van der Waals surface area contributed by atoms with Gasteiger partial charge in [0.1, 0.15) is 5.82 Å². The van der Waals surface area contributed by atoms with Crippen molar-refractivity contribution in [1.82, 2.24) is 4.98 Å². The fourth-order valence-electron chi connectivity index (χ4n) is 1.53. The van der Waals surface area contributed by atoms with Crippen molar-refractivity contribution >= 4 is 11.5 Å². The number of nitrogens with two attached hydrogens (primary N) is 1. The second-order valence-electron chi connectivity index (χ2n) is 3.91. The molecule has 3 N–H and O–H groups in total. The third kappa shape index (κ3) is 2.64. The summed E-state index contributed by atoms with van der Waals surface area (Å²) in [5, 5.41) is 10.9. The van der Waals surface area contributed by atoms with E-state index >= 15 is 0 Å². The molecule has 2 aromatic rings. The first-order chi connectivity index (χ1) is 9.52. The highest BCUT2D eigenvalue weighted by atomic mass is 19.1. The maximum absolute atomic E-state index is 13.8. The largest absolute Gasteiger partial charge is 0.430 e. The molecule has 0 amide bonds. The summed E-state index contributed by atoms with van der Waals surface area (Å²) in [5.41, 5.74) is 2.21. The van der Waals surface area contributed by atoms with E-state index in [1.807, 2.05) is 0 Å². The third-order valence-electron chi connectivity index (χ3n) is 2.55. The number of hydrazine groups is 1. The van der Waals surface area contributed by atoms with E-state index in [0.717, 1.165) is 0 Å². The first-order valence-corrected chi connectivity index (χ1v) is 5.58. The molecule has 0 aliphatic heterocycles. The molecule has 0 bridgehead atoms. The van der Waals surface area contributed by atoms with Crippen LogP contribution in [-0.2, 0) is 0 Å². The van der Waals surface area contributed by atoms with Crippen LogP contribution in [0.2, 0.25) is 0 Å². The minimum Gasteiger partial charge on any atom is -0.430 e. The molecule has 0 atom stereocenters. The van der Waals surface area contributed by atoms with E-state index in [2.05, 4.69) is 10.4 Å². The Balaban J connectivity index is 2.46. The van der Waals surface area contributed by atoms with Gasteiger partial charge in [0.05, 0.1) is 4.92 Å². The van der Waals surface area contributed by atoms with Crippen LogP contribution in [0, 0.1) is 22.9 Å². The highest BCUT2D eigenvalue weighted by Gasteiger charge is 2.20. The average molecular weight is 278 g/mol. The summed E-state index contributed by atoms with van der Waals surface area (Å²) in [6.07, 6.45) is 0. The number of halogens is 1. The van der Waals surface area contributed by atoms with Crippen LogP contribution in [-0.4, -0.2) is 9.91 Å². The highest BCUT2D eigenvalue weighted by molar-refractivity contribution is 5.50. The molecule has 0 saturated heterocycles. The predicted octanol–water partition coefficient (Wildman–Crippen LogP) is 2.52. The van der Waals surface area contributed by atoms with Crippen LogP contribution in [0.15, 0.2) is 30.3 Å². The van der Waals surface area contributed by atoms with Crippen LogP contribution in [0.25, 0.3) is 0 Å². The Labute approximate surface area is 113 Å². The van der Waals surface area contributed by atoms with Gasteiger partial charge in [-0.2, -0.15) is 4.98 Å². The number of hydrogen-bond donors (Lipinski definition) is 2. The molecular formula is C12H11FN4O3. The SMILES string of the molecule is Cc1cccc(Oc2nc(NN)ccc2[N+](=O)[O-])c1F. The van der Waals surface area contributed by atoms with Gasteiger partial charge in [0.25, 0.3) is 0 Å². The van der Waals surface area contributed by atoms with Crippen molar-refractivity contribution in [1.29, 1.82) is 0 Å². The third-order valence-corrected chi connectivity index (χ3v) is 2.55. The number of nitro groups is 1. The molecule has 20 heavy (non-hydrogen) atoms. The van der Waals surface area contributed by atoms with Crippen molar-refractivity contribution in [2.45, 2.75) is 6.92 Å². The summed E-state index contributed by atoms with van der Waals surface area (Å²) in [6.45, 7) is 1.56. The topological polar surface area (TPSA) is 103 Å². The number of pyridine rings is 1. The molecule has 7 nitrogen and oxygen atoms in total. The lowest BCUT2D eigenvalue weighted by molar-refractivity contribution is -0.386. The first kappa shape index (κ1) is 13.7. The van der Waals surface area contributed by atoms with E-state index in [4.69, 9.17) is 10.6 Å². The number of nitrogens with zero attached hydrogens (tertiary/aromatic N) is 2. The summed E-state index contributed by atoms with van der Waals surface area (Å²) in [4.78, 5) is 14.0. The number of nitrogens with one attached hydrogen (secondary N) is 1. The highest BCUT2D eigenvalue weighted by Crippen LogP contribution is 2.32. The van der Waals surface area contributed by atoms with E-state index in [1.54, 1.807) is 19.1 Å². The number of hydrogen-bond acceptors (Lipinski definition) is 6. The molecule has 0 unspecified atom stereocenters. The number of rotatable bonds is 4. The lowest BCUT2D eigenvalue weighted by Gasteiger charge is -2.08. The van der Waals surface area contributed by atoms with Crippen LogP contribution in [0.1, 0.15) is 5.56 Å². The Morgan fingerprint density at radius 3 is 2.80 bits per heavy atom. The van der Waals surface area contributed by atoms with Gasteiger partial charge in [0, 0.05) is 6.07 Å². The molecule has 1 aromatic heterocycles. The van der Waals surface area contributed by atoms with Crippen molar-refractivity contribution in [3.8, 4) is 11.6 Å². The Morgan fingerprint density at radius 2 is 2.15 bits per heavy atom. The molecule has 0 saturated carbocycles. The average Bonchev–Trinajstić information content (AvgIpc) is 2.43. The summed E-state index contributed by atoms with van der Waals surface area (Å²) in [7, 11) is 0. The quantitative estimate of drug-likeness (QED) is 0.506. The zero-order valence-electron chi connectivity index (χ0n) is 10.5. The molecule has 0 aliphatic rings. The predicted molar refractivity (Wildman–Crippen MR) is 69.9 cm³/mol. The molecule has 0 fully saturated rings. The minimum atomic E-state index is -0.670. The number of aryl methyl sites for hydroxylation is 1. The molecule has 8 heteroatoms. The van der Waals surface area contributed by atoms with E-state index in [0.29, 0.717) is 5.56 Å². The number of benzene rings is 1. The lowest BCUT2D eigenvalue weighted by Crippen LogP contribution is -2.09. The number of aromatic nitrogens is 1. The van der Waals surface area contributed by atoms with Gasteiger partial charge in [0.2, 0.25) is 0 Å². The molecule has 1 heterocycles. The zero-order chi connectivity index (χ0) is 14.7. The summed E-state index contributed by atoms with van der Waals surface area (Å²) in [5.74, 6) is 4.26. The van der Waals surface area contributed by atoms with Gasteiger partial charge in [-0.1, -0.05) is 12.1 Å². The van der Waals surface area contributed by atoms with Crippen LogP contribution in [0.5, 0.6) is 11.6 Å². The zero-order valence-corrected chi connectivity index (χ0v) is 10.5. The van der Waals surface area contributed by atoms with Crippen molar-refractivity contribution in [2.75, 3.05) is 5.43 Å². The van der Waals surface area contributed by atoms with Gasteiger partial charge >= 0.3 is 11.6 Å². The maximum atomic E-state index is 13.8. The fourth-order valence-corrected chi connectivity index (χ4v) is 1.53. The van der Waals surface area contributed by atoms with Gasteiger partial charge in [-0.15, -0.1) is 0 Å². The van der Waals surface area contributed by atoms with Crippen molar-refractivity contribution in [3.63, 3.8) is 0 Å². The van der Waals surface area contributed by atoms with E-state index < -0.39 is 10.7 Å². The van der Waals surface area contributed by atoms with Crippen LogP contribution < -0.4 is 16.0 Å². The Bertz CT molecular complexity index is 663. The second kappa shape index (κ2) is 5.49. The van der Waals surface area contributed by atoms with E-state index in [9.17, 15) is 14.5 Å². The van der Waals surface area contributed by atoms with Crippen molar-refractivity contribution in [2.24, 2.45) is 5.84 Å².